The maximum absolute atomic E-state index is 12.0. The summed E-state index contributed by atoms with van der Waals surface area (Å²) in [5.41, 5.74) is -0.732. The number of nitrogens with zero attached hydrogens (tertiary/aromatic N) is 1. The largest absolute Gasteiger partial charge is 0.490 e. The van der Waals surface area contributed by atoms with E-state index in [1.165, 1.54) is 12.1 Å². The molecule has 0 unspecified atom stereocenters. The van der Waals surface area contributed by atoms with Crippen LogP contribution in [0.3, 0.4) is 0 Å². The Labute approximate surface area is 115 Å². The minimum atomic E-state index is -4.18. The number of nitro groups is 1. The number of sulfone groups is 1. The molecule has 0 atom stereocenters. The second kappa shape index (κ2) is 5.73. The molecule has 0 heterocycles. The Bertz CT molecular complexity index is 725. The Kier molecular flexibility index (Phi) is 4.68. The molecule has 1 aromatic carbocycles. The maximum Gasteiger partial charge on any atom is 0.329 e. The summed E-state index contributed by atoms with van der Waals surface area (Å²) in [6, 6.07) is 3.51. The van der Waals surface area contributed by atoms with Gasteiger partial charge in [-0.15, -0.1) is 0 Å². The first kappa shape index (κ1) is 16.3. The molecule has 0 bridgehead atoms. The molecular weight excluding hydrogens is 312 g/mol. The lowest BCUT2D eigenvalue weighted by atomic mass is 10.3. The second-order valence-electron chi connectivity index (χ2n) is 3.75. The predicted octanol–water partition coefficient (Wildman–Crippen LogP) is -0.334. The molecule has 2 N–H and O–H groups in total. The van der Waals surface area contributed by atoms with Crippen molar-refractivity contribution in [1.29, 1.82) is 0 Å². The zero-order valence-corrected chi connectivity index (χ0v) is 12.0. The van der Waals surface area contributed by atoms with Gasteiger partial charge in [0.05, 0.1) is 23.5 Å². The topological polar surface area (TPSA) is 147 Å². The molecule has 9 nitrogen and oxygen atoms in total. The highest BCUT2D eigenvalue weighted by molar-refractivity contribution is 7.94. The van der Waals surface area contributed by atoms with Crippen LogP contribution in [0.5, 0.6) is 5.75 Å². The van der Waals surface area contributed by atoms with Gasteiger partial charge < -0.3 is 4.74 Å². The molecule has 0 aliphatic heterocycles. The van der Waals surface area contributed by atoms with Gasteiger partial charge in [0.2, 0.25) is 10.0 Å². The summed E-state index contributed by atoms with van der Waals surface area (Å²) in [5.74, 6) is -1.91. The van der Waals surface area contributed by atoms with Gasteiger partial charge in [0.15, 0.2) is 15.6 Å². The third-order valence-electron chi connectivity index (χ3n) is 2.34. The Balaban J connectivity index is 3.35. The Hall–Kier alpha value is -1.72. The number of methoxy groups -OCH3 is 1. The van der Waals surface area contributed by atoms with E-state index in [1.54, 1.807) is 0 Å². The van der Waals surface area contributed by atoms with Crippen LogP contribution in [-0.2, 0) is 19.9 Å². The predicted molar refractivity (Wildman–Crippen MR) is 69.7 cm³/mol. The van der Waals surface area contributed by atoms with Crippen molar-refractivity contribution in [2.45, 2.75) is 4.90 Å². The number of ether oxygens (including phenoxy) is 1. The first-order valence-electron chi connectivity index (χ1n) is 5.13. The average molecular weight is 324 g/mol. The number of hydrogen-bond acceptors (Lipinski definition) is 7. The molecule has 0 aromatic heterocycles. The SMILES string of the molecule is COc1cccc(S(=O)(=O)CCS(N)(=O)=O)c1[N+](=O)[O-]. The van der Waals surface area contributed by atoms with Crippen molar-refractivity contribution in [3.8, 4) is 5.75 Å². The van der Waals surface area contributed by atoms with Gasteiger partial charge in [-0.05, 0) is 12.1 Å². The third-order valence-corrected chi connectivity index (χ3v) is 5.11. The van der Waals surface area contributed by atoms with Crippen LogP contribution in [0.15, 0.2) is 23.1 Å². The number of para-hydroxylation sites is 1. The lowest BCUT2D eigenvalue weighted by molar-refractivity contribution is -0.388. The van der Waals surface area contributed by atoms with Crippen LogP contribution in [0.25, 0.3) is 0 Å². The fourth-order valence-corrected chi connectivity index (χ4v) is 4.22. The van der Waals surface area contributed by atoms with E-state index < -0.39 is 46.9 Å². The van der Waals surface area contributed by atoms with Crippen LogP contribution in [0.4, 0.5) is 5.69 Å². The van der Waals surface area contributed by atoms with Crippen molar-refractivity contribution in [3.63, 3.8) is 0 Å². The summed E-state index contributed by atoms with van der Waals surface area (Å²) in [4.78, 5) is 9.46. The summed E-state index contributed by atoms with van der Waals surface area (Å²) < 4.78 is 50.3. The molecule has 0 aliphatic carbocycles. The number of nitro benzene ring substituents is 1. The number of primary sulfonamides is 1. The van der Waals surface area contributed by atoms with Crippen LogP contribution < -0.4 is 9.88 Å². The zero-order chi connectivity index (χ0) is 15.6. The molecule has 20 heavy (non-hydrogen) atoms. The third kappa shape index (κ3) is 3.88. The summed E-state index contributed by atoms with van der Waals surface area (Å²) in [5, 5.41) is 15.7. The van der Waals surface area contributed by atoms with Crippen molar-refractivity contribution < 1.29 is 26.5 Å². The van der Waals surface area contributed by atoms with E-state index >= 15 is 0 Å². The molecule has 0 radical (unpaired) electrons. The maximum atomic E-state index is 12.0. The van der Waals surface area contributed by atoms with Gasteiger partial charge in [-0.2, -0.15) is 0 Å². The van der Waals surface area contributed by atoms with Crippen LogP contribution in [0.1, 0.15) is 0 Å². The molecule has 0 aliphatic rings. The molecule has 1 aromatic rings. The molecule has 0 amide bonds. The van der Waals surface area contributed by atoms with E-state index in [2.05, 4.69) is 0 Å². The number of benzene rings is 1. The molecule has 1 rings (SSSR count). The molecule has 0 spiro atoms. The van der Waals surface area contributed by atoms with E-state index in [4.69, 9.17) is 9.88 Å². The van der Waals surface area contributed by atoms with E-state index in [-0.39, 0.29) is 5.75 Å². The van der Waals surface area contributed by atoms with Crippen molar-refractivity contribution in [2.24, 2.45) is 5.14 Å². The van der Waals surface area contributed by atoms with Gasteiger partial charge >= 0.3 is 5.69 Å². The molecule has 112 valence electrons. The molecule has 0 saturated heterocycles. The van der Waals surface area contributed by atoms with E-state index in [1.807, 2.05) is 0 Å². The molecular formula is C9H12N2O7S2. The fraction of sp³-hybridized carbons (Fsp3) is 0.333. The van der Waals surface area contributed by atoms with E-state index in [0.29, 0.717) is 0 Å². The summed E-state index contributed by atoms with van der Waals surface area (Å²) in [6.45, 7) is 0. The average Bonchev–Trinajstić information content (AvgIpc) is 2.34. The normalized spacial score (nSPS) is 12.1. The van der Waals surface area contributed by atoms with Crippen LogP contribution in [0.2, 0.25) is 0 Å². The van der Waals surface area contributed by atoms with E-state index in [0.717, 1.165) is 13.2 Å². The van der Waals surface area contributed by atoms with Crippen molar-refractivity contribution in [1.82, 2.24) is 0 Å². The number of sulfonamides is 1. The Morgan fingerprint density at radius 1 is 1.25 bits per heavy atom. The highest BCUT2D eigenvalue weighted by Crippen LogP contribution is 2.34. The van der Waals surface area contributed by atoms with Crippen molar-refractivity contribution in [2.75, 3.05) is 18.6 Å². The number of hydrogen-bond donors (Lipinski definition) is 1. The van der Waals surface area contributed by atoms with Gasteiger partial charge in [-0.25, -0.2) is 22.0 Å². The molecule has 11 heteroatoms. The van der Waals surface area contributed by atoms with Crippen molar-refractivity contribution >= 4 is 25.5 Å². The first-order chi connectivity index (χ1) is 9.08. The lowest BCUT2D eigenvalue weighted by Crippen LogP contribution is -2.23. The van der Waals surface area contributed by atoms with Gasteiger partial charge in [-0.1, -0.05) is 6.07 Å². The lowest BCUT2D eigenvalue weighted by Gasteiger charge is -2.07. The summed E-state index contributed by atoms with van der Waals surface area (Å²) >= 11 is 0. The Morgan fingerprint density at radius 2 is 1.85 bits per heavy atom. The van der Waals surface area contributed by atoms with Crippen molar-refractivity contribution in [3.05, 3.63) is 28.3 Å². The van der Waals surface area contributed by atoms with Gasteiger partial charge in [0.1, 0.15) is 4.90 Å². The standard InChI is InChI=1S/C9H12N2O7S2/c1-18-7-3-2-4-8(9(7)11(12)13)19(14,15)5-6-20(10,16)17/h2-4H,5-6H2,1H3,(H2,10,16,17). The monoisotopic (exact) mass is 324 g/mol. The second-order valence-corrected chi connectivity index (χ2v) is 7.56. The minimum Gasteiger partial charge on any atom is -0.490 e. The number of nitrogens with two attached hydrogens (primary N) is 1. The Morgan fingerprint density at radius 3 is 2.30 bits per heavy atom. The number of rotatable bonds is 6. The van der Waals surface area contributed by atoms with Crippen LogP contribution in [0, 0.1) is 10.1 Å². The van der Waals surface area contributed by atoms with Gasteiger partial charge in [0, 0.05) is 0 Å². The summed E-state index contributed by atoms with van der Waals surface area (Å²) in [6.07, 6.45) is 0. The molecule has 0 saturated carbocycles. The smallest absolute Gasteiger partial charge is 0.329 e. The zero-order valence-electron chi connectivity index (χ0n) is 10.3. The highest BCUT2D eigenvalue weighted by atomic mass is 32.2. The highest BCUT2D eigenvalue weighted by Gasteiger charge is 2.30. The molecule has 0 fully saturated rings. The minimum absolute atomic E-state index is 0.230. The summed E-state index contributed by atoms with van der Waals surface area (Å²) in [7, 11) is -7.02. The van der Waals surface area contributed by atoms with E-state index in [9.17, 15) is 26.9 Å². The van der Waals surface area contributed by atoms with Gasteiger partial charge in [0.25, 0.3) is 0 Å². The quantitative estimate of drug-likeness (QED) is 0.556. The fourth-order valence-electron chi connectivity index (χ4n) is 1.43. The van der Waals surface area contributed by atoms with Crippen LogP contribution in [-0.4, -0.2) is 40.4 Å². The first-order valence-corrected chi connectivity index (χ1v) is 8.50. The van der Waals surface area contributed by atoms with Gasteiger partial charge in [-0.3, -0.25) is 10.1 Å². The van der Waals surface area contributed by atoms with Crippen LogP contribution >= 0.6 is 0 Å².